The Labute approximate surface area is 83.0 Å². The number of hydrogen-bond acceptors (Lipinski definition) is 3. The van der Waals surface area contributed by atoms with Crippen LogP contribution in [0.15, 0.2) is 12.1 Å². The maximum absolute atomic E-state index is 8.55. The summed E-state index contributed by atoms with van der Waals surface area (Å²) in [5.41, 5.74) is 3.15. The van der Waals surface area contributed by atoms with Gasteiger partial charge in [0.2, 0.25) is 0 Å². The first-order valence-corrected chi connectivity index (χ1v) is 4.06. The summed E-state index contributed by atoms with van der Waals surface area (Å²) in [4.78, 5) is 0. The molecule has 0 spiro atoms. The molecule has 0 unspecified atom stereocenters. The summed E-state index contributed by atoms with van der Waals surface area (Å²) in [6, 6.07) is 3.31. The van der Waals surface area contributed by atoms with E-state index in [0.717, 1.165) is 0 Å². The van der Waals surface area contributed by atoms with Crippen molar-refractivity contribution in [2.75, 3.05) is 7.11 Å². The second kappa shape index (κ2) is 4.51. The molecule has 0 amide bonds. The zero-order chi connectivity index (χ0) is 9.84. The Bertz CT molecular complexity index is 306. The second-order valence-electron chi connectivity index (χ2n) is 2.48. The van der Waals surface area contributed by atoms with Gasteiger partial charge < -0.3 is 9.94 Å². The lowest BCUT2D eigenvalue weighted by Gasteiger charge is -2.12. The normalized spacial score (nSPS) is 10.1. The quantitative estimate of drug-likeness (QED) is 0.551. The molecule has 0 atom stereocenters. The van der Waals surface area contributed by atoms with Gasteiger partial charge in [0.05, 0.1) is 13.7 Å². The SMILES string of the molecule is [B]c1ccc(Cl)c(CNO)c1OC. The minimum Gasteiger partial charge on any atom is -0.497 e. The van der Waals surface area contributed by atoms with Crippen LogP contribution in [0.3, 0.4) is 0 Å². The fourth-order valence-electron chi connectivity index (χ4n) is 1.11. The van der Waals surface area contributed by atoms with Gasteiger partial charge in [-0.3, -0.25) is 0 Å². The molecule has 0 aliphatic carbocycles. The minimum atomic E-state index is 0.201. The number of nitrogens with one attached hydrogen (secondary N) is 1. The van der Waals surface area contributed by atoms with Crippen LogP contribution in [0.5, 0.6) is 5.75 Å². The monoisotopic (exact) mass is 197 g/mol. The molecule has 2 N–H and O–H groups in total. The Morgan fingerprint density at radius 3 is 2.85 bits per heavy atom. The van der Waals surface area contributed by atoms with E-state index in [9.17, 15) is 0 Å². The van der Waals surface area contributed by atoms with E-state index in [1.54, 1.807) is 12.1 Å². The molecule has 1 rings (SSSR count). The molecule has 0 heterocycles. The first kappa shape index (κ1) is 10.4. The Morgan fingerprint density at radius 2 is 2.31 bits per heavy atom. The van der Waals surface area contributed by atoms with Crippen molar-refractivity contribution in [2.45, 2.75) is 6.54 Å². The number of hydrogen-bond donors (Lipinski definition) is 2. The smallest absolute Gasteiger partial charge is 0.119 e. The molecular weight excluding hydrogens is 188 g/mol. The van der Waals surface area contributed by atoms with E-state index in [4.69, 9.17) is 29.4 Å². The fourth-order valence-corrected chi connectivity index (χ4v) is 1.32. The Morgan fingerprint density at radius 1 is 1.62 bits per heavy atom. The van der Waals surface area contributed by atoms with Gasteiger partial charge in [0.25, 0.3) is 0 Å². The van der Waals surface area contributed by atoms with Crippen LogP contribution in [0, 0.1) is 0 Å². The van der Waals surface area contributed by atoms with Gasteiger partial charge in [-0.2, -0.15) is 0 Å². The second-order valence-corrected chi connectivity index (χ2v) is 2.89. The fraction of sp³-hybridized carbons (Fsp3) is 0.250. The van der Waals surface area contributed by atoms with Gasteiger partial charge in [0, 0.05) is 10.6 Å². The minimum absolute atomic E-state index is 0.201. The first-order valence-electron chi connectivity index (χ1n) is 3.68. The number of methoxy groups -OCH3 is 1. The van der Waals surface area contributed by atoms with Crippen LogP contribution in [-0.4, -0.2) is 20.2 Å². The van der Waals surface area contributed by atoms with Crippen molar-refractivity contribution < 1.29 is 9.94 Å². The maximum Gasteiger partial charge on any atom is 0.119 e. The highest BCUT2D eigenvalue weighted by atomic mass is 35.5. The van der Waals surface area contributed by atoms with Gasteiger partial charge in [-0.15, -0.1) is 0 Å². The van der Waals surface area contributed by atoms with E-state index in [-0.39, 0.29) is 6.54 Å². The molecule has 3 nitrogen and oxygen atoms in total. The topological polar surface area (TPSA) is 41.5 Å². The molecule has 1 aromatic rings. The average Bonchev–Trinajstić information content (AvgIpc) is 2.12. The summed E-state index contributed by atoms with van der Waals surface area (Å²) in [5, 5.41) is 9.06. The molecule has 0 saturated heterocycles. The van der Waals surface area contributed by atoms with Gasteiger partial charge in [0.15, 0.2) is 0 Å². The molecular formula is C8H9BClNO2. The van der Waals surface area contributed by atoms with E-state index < -0.39 is 0 Å². The number of hydroxylamine groups is 1. The Balaban J connectivity index is 3.18. The summed E-state index contributed by atoms with van der Waals surface area (Å²) < 4.78 is 5.05. The molecule has 13 heavy (non-hydrogen) atoms. The van der Waals surface area contributed by atoms with Gasteiger partial charge in [0.1, 0.15) is 13.6 Å². The van der Waals surface area contributed by atoms with Crippen molar-refractivity contribution in [1.29, 1.82) is 0 Å². The number of halogens is 1. The van der Waals surface area contributed by atoms with Crippen molar-refractivity contribution in [3.05, 3.63) is 22.7 Å². The van der Waals surface area contributed by atoms with E-state index in [1.807, 2.05) is 5.48 Å². The largest absolute Gasteiger partial charge is 0.497 e. The van der Waals surface area contributed by atoms with E-state index in [2.05, 4.69) is 0 Å². The predicted molar refractivity (Wildman–Crippen MR) is 52.0 cm³/mol. The Kier molecular flexibility index (Phi) is 3.60. The number of ether oxygens (including phenoxy) is 1. The highest BCUT2D eigenvalue weighted by Crippen LogP contribution is 2.23. The van der Waals surface area contributed by atoms with E-state index in [0.29, 0.717) is 21.8 Å². The van der Waals surface area contributed by atoms with Crippen molar-refractivity contribution in [1.82, 2.24) is 5.48 Å². The lowest BCUT2D eigenvalue weighted by Crippen LogP contribution is -2.14. The van der Waals surface area contributed by atoms with Crippen molar-refractivity contribution >= 4 is 24.9 Å². The third-order valence-electron chi connectivity index (χ3n) is 1.69. The molecule has 0 fully saturated rings. The number of rotatable bonds is 3. The molecule has 1 aromatic carbocycles. The third-order valence-corrected chi connectivity index (χ3v) is 2.05. The molecule has 2 radical (unpaired) electrons. The summed E-state index contributed by atoms with van der Waals surface area (Å²) in [7, 11) is 7.14. The molecule has 0 saturated carbocycles. The van der Waals surface area contributed by atoms with Crippen LogP contribution in [-0.2, 0) is 6.54 Å². The molecule has 68 valence electrons. The molecule has 0 aromatic heterocycles. The van der Waals surface area contributed by atoms with E-state index >= 15 is 0 Å². The summed E-state index contributed by atoms with van der Waals surface area (Å²) in [5.74, 6) is 0.494. The van der Waals surface area contributed by atoms with E-state index in [1.165, 1.54) is 7.11 Å². The maximum atomic E-state index is 8.55. The van der Waals surface area contributed by atoms with Gasteiger partial charge in [-0.25, -0.2) is 5.48 Å². The van der Waals surface area contributed by atoms with Crippen molar-refractivity contribution in [3.63, 3.8) is 0 Å². The third kappa shape index (κ3) is 2.15. The summed E-state index contributed by atoms with van der Waals surface area (Å²) in [6.45, 7) is 0.201. The van der Waals surface area contributed by atoms with Crippen LogP contribution >= 0.6 is 11.6 Å². The molecule has 0 bridgehead atoms. The first-order chi connectivity index (χ1) is 6.20. The van der Waals surface area contributed by atoms with Crippen LogP contribution in [0.25, 0.3) is 0 Å². The standard InChI is InChI=1S/C8H9BClNO2/c1-13-8-5(4-11-12)7(10)3-2-6(8)9/h2-3,11-12H,4H2,1H3. The lowest BCUT2D eigenvalue weighted by molar-refractivity contribution is 0.160. The Hall–Kier alpha value is -0.705. The van der Waals surface area contributed by atoms with Crippen molar-refractivity contribution in [3.8, 4) is 5.75 Å². The number of benzene rings is 1. The zero-order valence-corrected chi connectivity index (χ0v) is 7.93. The molecule has 0 aliphatic heterocycles. The highest BCUT2D eigenvalue weighted by molar-refractivity contribution is 6.36. The highest BCUT2D eigenvalue weighted by Gasteiger charge is 2.09. The van der Waals surface area contributed by atoms with Gasteiger partial charge >= 0.3 is 0 Å². The van der Waals surface area contributed by atoms with Gasteiger partial charge in [-0.1, -0.05) is 23.1 Å². The van der Waals surface area contributed by atoms with Crippen LogP contribution in [0.1, 0.15) is 5.56 Å². The van der Waals surface area contributed by atoms with Gasteiger partial charge in [-0.05, 0) is 6.07 Å². The summed E-state index contributed by atoms with van der Waals surface area (Å²) in [6.07, 6.45) is 0. The van der Waals surface area contributed by atoms with Crippen LogP contribution in [0.4, 0.5) is 0 Å². The predicted octanol–water partition coefficient (Wildman–Crippen LogP) is 0.621. The van der Waals surface area contributed by atoms with Crippen LogP contribution in [0.2, 0.25) is 5.02 Å². The van der Waals surface area contributed by atoms with Crippen LogP contribution < -0.4 is 15.7 Å². The molecule has 0 aliphatic rings. The zero-order valence-electron chi connectivity index (χ0n) is 7.17. The summed E-state index contributed by atoms with van der Waals surface area (Å²) >= 11 is 5.87. The molecule has 5 heteroatoms. The van der Waals surface area contributed by atoms with Crippen molar-refractivity contribution in [2.24, 2.45) is 0 Å². The lowest BCUT2D eigenvalue weighted by atomic mass is 9.92. The average molecular weight is 197 g/mol.